The van der Waals surface area contributed by atoms with E-state index >= 15 is 0 Å². The molecule has 2 unspecified atom stereocenters. The summed E-state index contributed by atoms with van der Waals surface area (Å²) in [6, 6.07) is 3.32. The van der Waals surface area contributed by atoms with Gasteiger partial charge in [-0.15, -0.1) is 0 Å². The number of hydrogen-bond donors (Lipinski definition) is 1. The molecule has 1 rings (SSSR count). The van der Waals surface area contributed by atoms with Gasteiger partial charge >= 0.3 is 0 Å². The molecule has 1 fully saturated rings. The van der Waals surface area contributed by atoms with Crippen LogP contribution >= 0.6 is 0 Å². The van der Waals surface area contributed by atoms with E-state index < -0.39 is 0 Å². The minimum Gasteiger partial charge on any atom is -0.313 e. The highest BCUT2D eigenvalue weighted by molar-refractivity contribution is 4.87. The summed E-state index contributed by atoms with van der Waals surface area (Å²) in [6.45, 7) is 9.99. The van der Waals surface area contributed by atoms with E-state index in [1.54, 1.807) is 0 Å². The lowest BCUT2D eigenvalue weighted by atomic mass is 10.1. The first kappa shape index (κ1) is 13.5. The van der Waals surface area contributed by atoms with E-state index in [4.69, 9.17) is 5.26 Å². The molecule has 0 spiro atoms. The van der Waals surface area contributed by atoms with E-state index in [0.717, 1.165) is 25.6 Å². The summed E-state index contributed by atoms with van der Waals surface area (Å²) in [4.78, 5) is 2.50. The van der Waals surface area contributed by atoms with Gasteiger partial charge < -0.3 is 5.32 Å². The summed E-state index contributed by atoms with van der Waals surface area (Å²) >= 11 is 0. The third-order valence-electron chi connectivity index (χ3n) is 3.39. The number of hydrogen-bond acceptors (Lipinski definition) is 3. The van der Waals surface area contributed by atoms with Crippen LogP contribution in [0.5, 0.6) is 0 Å². The minimum atomic E-state index is 0.411. The van der Waals surface area contributed by atoms with Crippen LogP contribution in [0.2, 0.25) is 0 Å². The number of nitrogens with zero attached hydrogens (tertiary/aromatic N) is 2. The zero-order valence-electron chi connectivity index (χ0n) is 10.9. The fraction of sp³-hybridized carbons (Fsp3) is 0.923. The van der Waals surface area contributed by atoms with Crippen LogP contribution in [0.4, 0.5) is 0 Å². The van der Waals surface area contributed by atoms with E-state index in [2.05, 4.69) is 37.1 Å². The van der Waals surface area contributed by atoms with Crippen LogP contribution in [0, 0.1) is 17.2 Å². The predicted octanol–water partition coefficient (Wildman–Crippen LogP) is 2.00. The summed E-state index contributed by atoms with van der Waals surface area (Å²) in [7, 11) is 0. The molecule has 0 aromatic heterocycles. The third kappa shape index (κ3) is 4.51. The first-order valence-corrected chi connectivity index (χ1v) is 6.48. The number of rotatable bonds is 4. The highest BCUT2D eigenvalue weighted by Gasteiger charge is 2.22. The summed E-state index contributed by atoms with van der Waals surface area (Å²) in [5, 5.41) is 12.4. The molecule has 0 aliphatic carbocycles. The van der Waals surface area contributed by atoms with Crippen molar-refractivity contribution in [2.45, 2.75) is 52.1 Å². The maximum absolute atomic E-state index is 8.87. The van der Waals surface area contributed by atoms with Gasteiger partial charge in [-0.25, -0.2) is 0 Å². The summed E-state index contributed by atoms with van der Waals surface area (Å²) in [5.74, 6) is 0.747. The smallest absolute Gasteiger partial charge is 0.0638 e. The summed E-state index contributed by atoms with van der Waals surface area (Å²) < 4.78 is 0. The van der Waals surface area contributed by atoms with Crippen LogP contribution in [-0.2, 0) is 0 Å². The second-order valence-electron chi connectivity index (χ2n) is 5.33. The van der Waals surface area contributed by atoms with Crippen molar-refractivity contribution in [3.63, 3.8) is 0 Å². The SMILES string of the molecule is CC(C)CCN1CCC(C)NCC1CC#N. The molecule has 0 aromatic rings. The zero-order valence-corrected chi connectivity index (χ0v) is 10.9. The monoisotopic (exact) mass is 223 g/mol. The Morgan fingerprint density at radius 3 is 2.88 bits per heavy atom. The summed E-state index contributed by atoms with van der Waals surface area (Å²) in [6.07, 6.45) is 3.08. The van der Waals surface area contributed by atoms with Crippen molar-refractivity contribution in [1.82, 2.24) is 10.2 Å². The van der Waals surface area contributed by atoms with Crippen LogP contribution in [0.15, 0.2) is 0 Å². The average molecular weight is 223 g/mol. The largest absolute Gasteiger partial charge is 0.313 e. The Labute approximate surface area is 99.8 Å². The van der Waals surface area contributed by atoms with E-state index in [-0.39, 0.29) is 0 Å². The molecule has 1 aliphatic heterocycles. The summed E-state index contributed by atoms with van der Waals surface area (Å²) in [5.41, 5.74) is 0. The molecular weight excluding hydrogens is 198 g/mol. The molecule has 2 atom stereocenters. The Morgan fingerprint density at radius 1 is 1.50 bits per heavy atom. The first-order valence-electron chi connectivity index (χ1n) is 6.48. The molecule has 0 aromatic carbocycles. The molecular formula is C13H25N3. The van der Waals surface area contributed by atoms with Gasteiger partial charge in [-0.2, -0.15) is 5.26 Å². The quantitative estimate of drug-likeness (QED) is 0.792. The fourth-order valence-electron chi connectivity index (χ4n) is 2.14. The predicted molar refractivity (Wildman–Crippen MR) is 67.1 cm³/mol. The first-order chi connectivity index (χ1) is 7.63. The Bertz CT molecular complexity index is 232. The van der Waals surface area contributed by atoms with Crippen molar-refractivity contribution in [2.24, 2.45) is 5.92 Å². The van der Waals surface area contributed by atoms with E-state index in [1.807, 2.05) is 0 Å². The molecule has 16 heavy (non-hydrogen) atoms. The molecule has 0 radical (unpaired) electrons. The Kier molecular flexibility index (Phi) is 5.79. The fourth-order valence-corrected chi connectivity index (χ4v) is 2.14. The molecule has 1 N–H and O–H groups in total. The van der Waals surface area contributed by atoms with Crippen molar-refractivity contribution in [3.8, 4) is 6.07 Å². The Morgan fingerprint density at radius 2 is 2.25 bits per heavy atom. The minimum absolute atomic E-state index is 0.411. The molecule has 0 amide bonds. The highest BCUT2D eigenvalue weighted by Crippen LogP contribution is 2.13. The van der Waals surface area contributed by atoms with Crippen LogP contribution in [0.1, 0.15) is 40.0 Å². The van der Waals surface area contributed by atoms with Gasteiger partial charge in [0.25, 0.3) is 0 Å². The van der Waals surface area contributed by atoms with Crippen LogP contribution in [-0.4, -0.2) is 36.6 Å². The van der Waals surface area contributed by atoms with Crippen molar-refractivity contribution >= 4 is 0 Å². The van der Waals surface area contributed by atoms with Gasteiger partial charge in [0.15, 0.2) is 0 Å². The van der Waals surface area contributed by atoms with Crippen molar-refractivity contribution in [1.29, 1.82) is 5.26 Å². The van der Waals surface area contributed by atoms with Gasteiger partial charge in [-0.05, 0) is 38.8 Å². The lowest BCUT2D eigenvalue weighted by Gasteiger charge is -2.28. The van der Waals surface area contributed by atoms with Crippen LogP contribution < -0.4 is 5.32 Å². The molecule has 92 valence electrons. The Balaban J connectivity index is 2.50. The zero-order chi connectivity index (χ0) is 12.0. The van der Waals surface area contributed by atoms with Gasteiger partial charge in [0, 0.05) is 18.6 Å². The normalized spacial score (nSPS) is 27.7. The highest BCUT2D eigenvalue weighted by atomic mass is 15.2. The van der Waals surface area contributed by atoms with Crippen molar-refractivity contribution < 1.29 is 0 Å². The van der Waals surface area contributed by atoms with E-state index in [1.165, 1.54) is 12.8 Å². The van der Waals surface area contributed by atoms with Gasteiger partial charge in [0.1, 0.15) is 0 Å². The van der Waals surface area contributed by atoms with Crippen LogP contribution in [0.3, 0.4) is 0 Å². The van der Waals surface area contributed by atoms with Crippen molar-refractivity contribution in [3.05, 3.63) is 0 Å². The van der Waals surface area contributed by atoms with Crippen LogP contribution in [0.25, 0.3) is 0 Å². The standard InChI is InChI=1S/C13H25N3/c1-11(2)5-8-16-9-6-12(3)15-10-13(16)4-7-14/h11-13,15H,4-6,8-10H2,1-3H3. The lowest BCUT2D eigenvalue weighted by Crippen LogP contribution is -2.40. The van der Waals surface area contributed by atoms with E-state index in [9.17, 15) is 0 Å². The number of nitriles is 1. The number of nitrogens with one attached hydrogen (secondary N) is 1. The molecule has 1 heterocycles. The maximum atomic E-state index is 8.87. The van der Waals surface area contributed by atoms with E-state index in [0.29, 0.717) is 18.5 Å². The second kappa shape index (κ2) is 6.88. The van der Waals surface area contributed by atoms with Gasteiger partial charge in [0.05, 0.1) is 12.5 Å². The average Bonchev–Trinajstić information content (AvgIpc) is 2.40. The molecule has 3 heteroatoms. The third-order valence-corrected chi connectivity index (χ3v) is 3.39. The van der Waals surface area contributed by atoms with Crippen molar-refractivity contribution in [2.75, 3.05) is 19.6 Å². The van der Waals surface area contributed by atoms with Gasteiger partial charge in [-0.1, -0.05) is 13.8 Å². The second-order valence-corrected chi connectivity index (χ2v) is 5.33. The maximum Gasteiger partial charge on any atom is 0.0638 e. The molecule has 0 saturated carbocycles. The topological polar surface area (TPSA) is 39.1 Å². The molecule has 1 aliphatic rings. The molecule has 3 nitrogen and oxygen atoms in total. The lowest BCUT2D eigenvalue weighted by molar-refractivity contribution is 0.200. The van der Waals surface area contributed by atoms with Gasteiger partial charge in [-0.3, -0.25) is 4.90 Å². The van der Waals surface area contributed by atoms with Gasteiger partial charge in [0.2, 0.25) is 0 Å². The molecule has 1 saturated heterocycles. The Hall–Kier alpha value is -0.590. The molecule has 0 bridgehead atoms.